The van der Waals surface area contributed by atoms with Gasteiger partial charge in [0.15, 0.2) is 5.82 Å². The molecule has 0 spiro atoms. The Balaban J connectivity index is 1.60. The van der Waals surface area contributed by atoms with Crippen molar-refractivity contribution in [3.63, 3.8) is 0 Å². The number of carbonyl (C=O) groups excluding carboxylic acids is 3. The van der Waals surface area contributed by atoms with Crippen LogP contribution in [0.5, 0.6) is 0 Å². The first-order chi connectivity index (χ1) is 11.5. The van der Waals surface area contributed by atoms with E-state index in [2.05, 4.69) is 21.0 Å². The summed E-state index contributed by atoms with van der Waals surface area (Å²) < 4.78 is 1.58. The van der Waals surface area contributed by atoms with Gasteiger partial charge in [-0.1, -0.05) is 12.1 Å². The van der Waals surface area contributed by atoms with Gasteiger partial charge in [0.2, 0.25) is 11.8 Å². The molecule has 0 unspecified atom stereocenters. The topological polar surface area (TPSA) is 105 Å². The molecule has 0 fully saturated rings. The van der Waals surface area contributed by atoms with Crippen LogP contribution in [0.1, 0.15) is 23.2 Å². The van der Waals surface area contributed by atoms with Crippen LogP contribution in [0, 0.1) is 0 Å². The highest BCUT2D eigenvalue weighted by atomic mass is 16.2. The minimum Gasteiger partial charge on any atom is -0.340 e. The molecule has 1 aliphatic heterocycles. The van der Waals surface area contributed by atoms with E-state index < -0.39 is 6.04 Å². The first-order valence-corrected chi connectivity index (χ1v) is 7.53. The van der Waals surface area contributed by atoms with Crippen LogP contribution < -0.4 is 16.0 Å². The predicted octanol–water partition coefficient (Wildman–Crippen LogP) is 0.889. The number of hydrogen-bond donors (Lipinski definition) is 3. The third-order valence-corrected chi connectivity index (χ3v) is 3.69. The number of fused-ring (bicyclic) bond motifs is 1. The summed E-state index contributed by atoms with van der Waals surface area (Å²) >= 11 is 0. The number of rotatable bonds is 4. The largest absolute Gasteiger partial charge is 0.340 e. The van der Waals surface area contributed by atoms with Crippen molar-refractivity contribution in [1.29, 1.82) is 0 Å². The summed E-state index contributed by atoms with van der Waals surface area (Å²) in [7, 11) is 1.75. The zero-order valence-electron chi connectivity index (χ0n) is 13.1. The first-order valence-electron chi connectivity index (χ1n) is 7.53. The highest BCUT2D eigenvalue weighted by Gasteiger charge is 2.27. The molecule has 1 aromatic heterocycles. The minimum absolute atomic E-state index is 0.0886. The van der Waals surface area contributed by atoms with E-state index in [1.165, 1.54) is 0 Å². The third-order valence-electron chi connectivity index (χ3n) is 3.69. The van der Waals surface area contributed by atoms with E-state index in [-0.39, 0.29) is 30.6 Å². The number of carbonyl (C=O) groups is 3. The fraction of sp³-hybridized carbons (Fsp3) is 0.250. The van der Waals surface area contributed by atoms with Crippen molar-refractivity contribution in [2.24, 2.45) is 7.05 Å². The van der Waals surface area contributed by atoms with Crippen molar-refractivity contribution in [1.82, 2.24) is 15.1 Å². The van der Waals surface area contributed by atoms with Crippen molar-refractivity contribution in [3.05, 3.63) is 42.1 Å². The molecule has 0 radical (unpaired) electrons. The number of anilines is 2. The molecule has 2 aromatic rings. The molecule has 3 amide bonds. The Morgan fingerprint density at radius 3 is 2.83 bits per heavy atom. The fourth-order valence-corrected chi connectivity index (χ4v) is 2.48. The molecule has 3 rings (SSSR count). The van der Waals surface area contributed by atoms with Crippen LogP contribution in [0.3, 0.4) is 0 Å². The van der Waals surface area contributed by atoms with Crippen LogP contribution in [-0.2, 0) is 16.6 Å². The summed E-state index contributed by atoms with van der Waals surface area (Å²) in [5, 5.41) is 12.1. The van der Waals surface area contributed by atoms with Crippen molar-refractivity contribution >= 4 is 29.2 Å². The molecular formula is C16H17N5O3. The Hall–Kier alpha value is -3.16. The average Bonchev–Trinajstić information content (AvgIpc) is 2.91. The molecule has 3 N–H and O–H groups in total. The van der Waals surface area contributed by atoms with E-state index in [1.54, 1.807) is 48.3 Å². The van der Waals surface area contributed by atoms with Crippen LogP contribution >= 0.6 is 0 Å². The Morgan fingerprint density at radius 1 is 1.29 bits per heavy atom. The highest BCUT2D eigenvalue weighted by Crippen LogP contribution is 2.19. The zero-order valence-corrected chi connectivity index (χ0v) is 13.1. The number of benzene rings is 1. The highest BCUT2D eigenvalue weighted by molar-refractivity contribution is 6.09. The first kappa shape index (κ1) is 15.7. The molecule has 1 aromatic carbocycles. The van der Waals surface area contributed by atoms with Gasteiger partial charge in [-0.3, -0.25) is 19.1 Å². The van der Waals surface area contributed by atoms with Gasteiger partial charge in [-0.25, -0.2) is 0 Å². The molecule has 0 saturated heterocycles. The minimum atomic E-state index is -0.764. The lowest BCUT2D eigenvalue weighted by Crippen LogP contribution is -2.41. The number of aryl methyl sites for hydroxylation is 1. The number of nitrogens with zero attached hydrogens (tertiary/aromatic N) is 2. The second-order valence-corrected chi connectivity index (χ2v) is 5.52. The van der Waals surface area contributed by atoms with E-state index in [9.17, 15) is 14.4 Å². The van der Waals surface area contributed by atoms with E-state index in [0.717, 1.165) is 0 Å². The van der Waals surface area contributed by atoms with E-state index >= 15 is 0 Å². The Kier molecular flexibility index (Phi) is 4.28. The van der Waals surface area contributed by atoms with Gasteiger partial charge in [0, 0.05) is 25.7 Å². The number of hydrogen-bond acceptors (Lipinski definition) is 4. The van der Waals surface area contributed by atoms with Gasteiger partial charge in [-0.15, -0.1) is 0 Å². The molecule has 0 saturated carbocycles. The Morgan fingerprint density at radius 2 is 2.08 bits per heavy atom. The van der Waals surface area contributed by atoms with Crippen LogP contribution in [0.4, 0.5) is 11.5 Å². The maximum Gasteiger partial charge on any atom is 0.254 e. The Bertz CT molecular complexity index is 799. The molecule has 0 bridgehead atoms. The molecule has 0 aliphatic carbocycles. The molecule has 8 nitrogen and oxygen atoms in total. The van der Waals surface area contributed by atoms with Gasteiger partial charge < -0.3 is 16.0 Å². The lowest BCUT2D eigenvalue weighted by atomic mass is 10.1. The fourth-order valence-electron chi connectivity index (χ4n) is 2.48. The molecule has 24 heavy (non-hydrogen) atoms. The standard InChI is InChI=1S/C16H17N5O3/c1-21-9-8-13(20-21)19-14(22)7-6-12-16(24)17-11-5-3-2-4-10(11)15(23)18-12/h2-5,8-9,12H,6-7H2,1H3,(H,17,24)(H,18,23)(H,19,20,22)/t12-/m0/s1. The van der Waals surface area contributed by atoms with E-state index in [1.807, 2.05) is 0 Å². The van der Waals surface area contributed by atoms with Gasteiger partial charge >= 0.3 is 0 Å². The second kappa shape index (κ2) is 6.53. The summed E-state index contributed by atoms with van der Waals surface area (Å²) in [6.45, 7) is 0. The van der Waals surface area contributed by atoms with Crippen LogP contribution in [0.15, 0.2) is 36.5 Å². The summed E-state index contributed by atoms with van der Waals surface area (Å²) in [6.07, 6.45) is 2.00. The maximum absolute atomic E-state index is 12.2. The summed E-state index contributed by atoms with van der Waals surface area (Å²) in [5.74, 6) is -0.486. The van der Waals surface area contributed by atoms with Crippen LogP contribution in [-0.4, -0.2) is 33.5 Å². The van der Waals surface area contributed by atoms with Crippen molar-refractivity contribution in [2.45, 2.75) is 18.9 Å². The molecule has 2 heterocycles. The van der Waals surface area contributed by atoms with Gasteiger partial charge in [-0.2, -0.15) is 5.10 Å². The van der Waals surface area contributed by atoms with E-state index in [4.69, 9.17) is 0 Å². The van der Waals surface area contributed by atoms with Crippen LogP contribution in [0.25, 0.3) is 0 Å². The predicted molar refractivity (Wildman–Crippen MR) is 87.4 cm³/mol. The van der Waals surface area contributed by atoms with Gasteiger partial charge in [0.25, 0.3) is 5.91 Å². The molecule has 124 valence electrons. The number of amides is 3. The lowest BCUT2D eigenvalue weighted by molar-refractivity contribution is -0.118. The zero-order chi connectivity index (χ0) is 17.1. The summed E-state index contributed by atoms with van der Waals surface area (Å²) in [6, 6.07) is 7.69. The smallest absolute Gasteiger partial charge is 0.254 e. The summed E-state index contributed by atoms with van der Waals surface area (Å²) in [5.41, 5.74) is 0.881. The normalized spacial score (nSPS) is 16.6. The SMILES string of the molecule is Cn1ccc(NC(=O)CC[C@@H]2NC(=O)c3ccccc3NC2=O)n1. The molecule has 1 atom stereocenters. The number of para-hydroxylation sites is 1. The molecule has 1 aliphatic rings. The van der Waals surface area contributed by atoms with Gasteiger partial charge in [0.1, 0.15) is 6.04 Å². The second-order valence-electron chi connectivity index (χ2n) is 5.52. The maximum atomic E-state index is 12.2. The molecular weight excluding hydrogens is 310 g/mol. The van der Waals surface area contributed by atoms with Crippen LogP contribution in [0.2, 0.25) is 0 Å². The monoisotopic (exact) mass is 327 g/mol. The lowest BCUT2D eigenvalue weighted by Gasteiger charge is -2.13. The Labute approximate surface area is 138 Å². The molecule has 8 heteroatoms. The van der Waals surface area contributed by atoms with Crippen molar-refractivity contribution in [3.8, 4) is 0 Å². The summed E-state index contributed by atoms with van der Waals surface area (Å²) in [4.78, 5) is 36.4. The van der Waals surface area contributed by atoms with Crippen molar-refractivity contribution < 1.29 is 14.4 Å². The van der Waals surface area contributed by atoms with Crippen molar-refractivity contribution in [2.75, 3.05) is 10.6 Å². The van der Waals surface area contributed by atoms with Gasteiger partial charge in [0.05, 0.1) is 11.3 Å². The quantitative estimate of drug-likeness (QED) is 0.775. The average molecular weight is 327 g/mol. The number of aromatic nitrogens is 2. The van der Waals surface area contributed by atoms with E-state index in [0.29, 0.717) is 17.1 Å². The van der Waals surface area contributed by atoms with Gasteiger partial charge in [-0.05, 0) is 18.6 Å². The number of nitrogens with one attached hydrogen (secondary N) is 3. The third kappa shape index (κ3) is 3.43.